The Hall–Kier alpha value is -1.80. The smallest absolute Gasteiger partial charge is 0.119 e. The van der Waals surface area contributed by atoms with Gasteiger partial charge >= 0.3 is 0 Å². The molecular formula is C17H18O2. The number of aliphatic hydroxyl groups is 1. The minimum Gasteiger partial charge on any atom is -0.497 e. The van der Waals surface area contributed by atoms with Crippen molar-refractivity contribution in [2.45, 2.75) is 24.9 Å². The van der Waals surface area contributed by atoms with E-state index in [0.717, 1.165) is 18.6 Å². The van der Waals surface area contributed by atoms with Crippen molar-refractivity contribution in [2.24, 2.45) is 0 Å². The summed E-state index contributed by atoms with van der Waals surface area (Å²) in [5, 5.41) is 10.4. The van der Waals surface area contributed by atoms with Crippen molar-refractivity contribution in [1.29, 1.82) is 0 Å². The van der Waals surface area contributed by atoms with Crippen molar-refractivity contribution in [3.8, 4) is 5.75 Å². The molecule has 2 unspecified atom stereocenters. The predicted octanol–water partition coefficient (Wildman–Crippen LogP) is 3.13. The number of fused-ring (bicyclic) bond motifs is 1. The molecule has 0 radical (unpaired) electrons. The van der Waals surface area contributed by atoms with Crippen LogP contribution in [0.5, 0.6) is 5.75 Å². The van der Waals surface area contributed by atoms with E-state index in [1.165, 1.54) is 16.7 Å². The number of ether oxygens (including phenoxy) is 1. The first-order valence-electron chi connectivity index (χ1n) is 6.69. The Morgan fingerprint density at radius 3 is 2.63 bits per heavy atom. The van der Waals surface area contributed by atoms with Gasteiger partial charge in [-0.05, 0) is 41.7 Å². The summed E-state index contributed by atoms with van der Waals surface area (Å²) in [7, 11) is 1.69. The van der Waals surface area contributed by atoms with Gasteiger partial charge in [0.2, 0.25) is 0 Å². The lowest BCUT2D eigenvalue weighted by Crippen LogP contribution is -2.26. The van der Waals surface area contributed by atoms with Gasteiger partial charge in [0.05, 0.1) is 13.2 Å². The molecule has 1 aliphatic rings. The number of hydrogen-bond donors (Lipinski definition) is 1. The van der Waals surface area contributed by atoms with E-state index in [2.05, 4.69) is 24.3 Å². The van der Waals surface area contributed by atoms with Crippen LogP contribution in [-0.4, -0.2) is 18.3 Å². The molecule has 0 saturated carbocycles. The molecule has 0 fully saturated rings. The molecule has 2 aromatic carbocycles. The monoisotopic (exact) mass is 254 g/mol. The van der Waals surface area contributed by atoms with Gasteiger partial charge in [-0.3, -0.25) is 0 Å². The maximum absolute atomic E-state index is 10.4. The Morgan fingerprint density at radius 1 is 1.11 bits per heavy atom. The minimum absolute atomic E-state index is 0.0795. The average molecular weight is 254 g/mol. The highest BCUT2D eigenvalue weighted by atomic mass is 16.5. The van der Waals surface area contributed by atoms with E-state index in [1.54, 1.807) is 7.11 Å². The van der Waals surface area contributed by atoms with E-state index in [0.29, 0.717) is 0 Å². The number of benzene rings is 2. The van der Waals surface area contributed by atoms with Crippen LogP contribution in [0, 0.1) is 0 Å². The molecule has 98 valence electrons. The molecule has 2 nitrogen and oxygen atoms in total. The van der Waals surface area contributed by atoms with E-state index in [9.17, 15) is 5.11 Å². The lowest BCUT2D eigenvalue weighted by molar-refractivity contribution is 0.139. The van der Waals surface area contributed by atoms with Gasteiger partial charge in [-0.25, -0.2) is 0 Å². The first-order valence-corrected chi connectivity index (χ1v) is 6.69. The van der Waals surface area contributed by atoms with Gasteiger partial charge in [0, 0.05) is 5.92 Å². The third kappa shape index (κ3) is 2.24. The third-order valence-electron chi connectivity index (χ3n) is 3.94. The summed E-state index contributed by atoms with van der Waals surface area (Å²) >= 11 is 0. The number of methoxy groups -OCH3 is 1. The Labute approximate surface area is 113 Å². The summed E-state index contributed by atoms with van der Waals surface area (Å²) in [5.41, 5.74) is 3.70. The molecule has 0 spiro atoms. The lowest BCUT2D eigenvalue weighted by atomic mass is 9.77. The van der Waals surface area contributed by atoms with Crippen LogP contribution < -0.4 is 4.74 Å². The Balaban J connectivity index is 2.07. The summed E-state index contributed by atoms with van der Waals surface area (Å²) in [5.74, 6) is 0.970. The molecule has 19 heavy (non-hydrogen) atoms. The molecule has 1 N–H and O–H groups in total. The quantitative estimate of drug-likeness (QED) is 0.892. The van der Waals surface area contributed by atoms with Gasteiger partial charge in [0.15, 0.2) is 0 Å². The highest BCUT2D eigenvalue weighted by Gasteiger charge is 2.29. The van der Waals surface area contributed by atoms with Crippen LogP contribution in [0.3, 0.4) is 0 Å². The standard InChI is InChI=1S/C17H18O2/c1-19-14-8-9-15-13(11-14)7-10-16(18)17(15)12-5-3-2-4-6-12/h2-6,8-9,11,16-18H,7,10H2,1H3. The molecule has 0 aromatic heterocycles. The molecule has 0 bridgehead atoms. The van der Waals surface area contributed by atoms with Crippen molar-refractivity contribution in [3.63, 3.8) is 0 Å². The van der Waals surface area contributed by atoms with Crippen LogP contribution in [0.25, 0.3) is 0 Å². The molecule has 0 amide bonds. The normalized spacial score (nSPS) is 21.8. The van der Waals surface area contributed by atoms with E-state index in [1.807, 2.05) is 24.3 Å². The average Bonchev–Trinajstić information content (AvgIpc) is 2.47. The largest absolute Gasteiger partial charge is 0.497 e. The second-order valence-corrected chi connectivity index (χ2v) is 5.06. The molecule has 0 saturated heterocycles. The molecule has 0 aliphatic heterocycles. The van der Waals surface area contributed by atoms with Crippen molar-refractivity contribution >= 4 is 0 Å². The maximum Gasteiger partial charge on any atom is 0.119 e. The molecule has 2 heteroatoms. The van der Waals surface area contributed by atoms with Crippen LogP contribution in [0.2, 0.25) is 0 Å². The highest BCUT2D eigenvalue weighted by Crippen LogP contribution is 2.38. The van der Waals surface area contributed by atoms with Gasteiger partial charge in [-0.2, -0.15) is 0 Å². The van der Waals surface area contributed by atoms with E-state index in [4.69, 9.17) is 4.74 Å². The fraction of sp³-hybridized carbons (Fsp3) is 0.294. The number of hydrogen-bond acceptors (Lipinski definition) is 2. The molecule has 3 rings (SSSR count). The van der Waals surface area contributed by atoms with Gasteiger partial charge in [0.25, 0.3) is 0 Å². The highest BCUT2D eigenvalue weighted by molar-refractivity contribution is 5.45. The van der Waals surface area contributed by atoms with Gasteiger partial charge in [-0.1, -0.05) is 36.4 Å². The van der Waals surface area contributed by atoms with Crippen molar-refractivity contribution in [1.82, 2.24) is 0 Å². The minimum atomic E-state index is -0.303. The zero-order chi connectivity index (χ0) is 13.2. The summed E-state index contributed by atoms with van der Waals surface area (Å²) in [4.78, 5) is 0. The molecule has 1 aliphatic carbocycles. The van der Waals surface area contributed by atoms with E-state index >= 15 is 0 Å². The SMILES string of the molecule is COc1ccc2c(c1)CCC(O)C2c1ccccc1. The van der Waals surface area contributed by atoms with Crippen LogP contribution in [0.15, 0.2) is 48.5 Å². The molecule has 0 heterocycles. The van der Waals surface area contributed by atoms with E-state index < -0.39 is 0 Å². The fourth-order valence-corrected chi connectivity index (χ4v) is 2.97. The summed E-state index contributed by atoms with van der Waals surface area (Å²) in [6.45, 7) is 0. The zero-order valence-corrected chi connectivity index (χ0v) is 11.0. The van der Waals surface area contributed by atoms with Crippen LogP contribution in [0.1, 0.15) is 29.0 Å². The first-order chi connectivity index (χ1) is 9.29. The van der Waals surface area contributed by atoms with Gasteiger partial charge < -0.3 is 9.84 Å². The van der Waals surface area contributed by atoms with Crippen LogP contribution >= 0.6 is 0 Å². The number of aliphatic hydroxyl groups excluding tert-OH is 1. The fourth-order valence-electron chi connectivity index (χ4n) is 2.97. The van der Waals surface area contributed by atoms with Gasteiger partial charge in [-0.15, -0.1) is 0 Å². The maximum atomic E-state index is 10.4. The van der Waals surface area contributed by atoms with Crippen molar-refractivity contribution in [2.75, 3.05) is 7.11 Å². The third-order valence-corrected chi connectivity index (χ3v) is 3.94. The summed E-state index contributed by atoms with van der Waals surface area (Å²) in [6, 6.07) is 16.4. The topological polar surface area (TPSA) is 29.5 Å². The predicted molar refractivity (Wildman–Crippen MR) is 75.6 cm³/mol. The van der Waals surface area contributed by atoms with Crippen molar-refractivity contribution < 1.29 is 9.84 Å². The molecule has 2 aromatic rings. The zero-order valence-electron chi connectivity index (χ0n) is 11.0. The van der Waals surface area contributed by atoms with Crippen LogP contribution in [-0.2, 0) is 6.42 Å². The number of rotatable bonds is 2. The Kier molecular flexibility index (Phi) is 3.26. The summed E-state index contributed by atoms with van der Waals surface area (Å²) < 4.78 is 5.29. The molecule has 2 atom stereocenters. The Morgan fingerprint density at radius 2 is 1.89 bits per heavy atom. The number of aryl methyl sites for hydroxylation is 1. The van der Waals surface area contributed by atoms with Crippen molar-refractivity contribution in [3.05, 3.63) is 65.2 Å². The van der Waals surface area contributed by atoms with Gasteiger partial charge in [0.1, 0.15) is 5.75 Å². The van der Waals surface area contributed by atoms with Crippen LogP contribution in [0.4, 0.5) is 0 Å². The second kappa shape index (κ2) is 5.06. The molecular weight excluding hydrogens is 236 g/mol. The Bertz CT molecular complexity index is 563. The second-order valence-electron chi connectivity index (χ2n) is 5.06. The van der Waals surface area contributed by atoms with E-state index in [-0.39, 0.29) is 12.0 Å². The first kappa shape index (κ1) is 12.2. The lowest BCUT2D eigenvalue weighted by Gasteiger charge is -2.31. The summed E-state index contributed by atoms with van der Waals surface area (Å²) in [6.07, 6.45) is 1.42.